The Balaban J connectivity index is 2.83. The highest BCUT2D eigenvalue weighted by Crippen LogP contribution is 2.15. The van der Waals surface area contributed by atoms with Crippen molar-refractivity contribution >= 4 is 11.9 Å². The van der Waals surface area contributed by atoms with Crippen molar-refractivity contribution in [3.63, 3.8) is 0 Å². The summed E-state index contributed by atoms with van der Waals surface area (Å²) >= 11 is 0. The first-order valence-electron chi connectivity index (χ1n) is 5.82. The predicted octanol–water partition coefficient (Wildman–Crippen LogP) is 0.0457. The van der Waals surface area contributed by atoms with Gasteiger partial charge in [0.05, 0.1) is 13.2 Å². The molecule has 1 amide bonds. The van der Waals surface area contributed by atoms with Gasteiger partial charge in [-0.25, -0.2) is 9.78 Å². The lowest BCUT2D eigenvalue weighted by molar-refractivity contribution is -0.140. The second-order valence-electron chi connectivity index (χ2n) is 3.75. The fraction of sp³-hybridized carbons (Fsp3) is 0.417. The number of carbonyl (C=O) groups is 2. The number of amides is 1. The van der Waals surface area contributed by atoms with Crippen LogP contribution in [-0.4, -0.2) is 46.3 Å². The molecule has 1 atom stereocenters. The van der Waals surface area contributed by atoms with E-state index in [1.54, 1.807) is 12.1 Å². The zero-order valence-corrected chi connectivity index (χ0v) is 10.5. The van der Waals surface area contributed by atoms with Crippen LogP contribution in [-0.2, 0) is 4.79 Å². The lowest BCUT2D eigenvalue weighted by atomic mass is 10.2. The Hall–Kier alpha value is -2.15. The van der Waals surface area contributed by atoms with E-state index in [-0.39, 0.29) is 11.4 Å². The molecular weight excluding hydrogens is 252 g/mol. The van der Waals surface area contributed by atoms with Gasteiger partial charge in [0.25, 0.3) is 5.91 Å². The number of aliphatic hydroxyl groups excluding tert-OH is 1. The number of nitrogens with one attached hydrogen (secondary N) is 1. The number of pyridine rings is 1. The number of nitrogens with zero attached hydrogens (tertiary/aromatic N) is 1. The van der Waals surface area contributed by atoms with Crippen LogP contribution in [0, 0.1) is 0 Å². The maximum absolute atomic E-state index is 11.9. The summed E-state index contributed by atoms with van der Waals surface area (Å²) in [5, 5.41) is 19.8. The van der Waals surface area contributed by atoms with E-state index in [0.717, 1.165) is 6.42 Å². The summed E-state index contributed by atoms with van der Waals surface area (Å²) in [7, 11) is 0. The van der Waals surface area contributed by atoms with Gasteiger partial charge < -0.3 is 20.3 Å². The molecule has 7 nitrogen and oxygen atoms in total. The standard InChI is InChI=1S/C12H16N2O5/c1-2-6-19-9-4-3-5-13-10(9)11(16)14-8(7-15)12(17)18/h3-5,8,15H,2,6-7H2,1H3,(H,14,16)(H,17,18)/t8-/m0/s1. The maximum atomic E-state index is 11.9. The molecule has 1 heterocycles. The zero-order chi connectivity index (χ0) is 14.3. The number of carboxylic acids is 1. The molecule has 1 aromatic heterocycles. The Bertz CT molecular complexity index is 450. The Morgan fingerprint density at radius 3 is 2.84 bits per heavy atom. The highest BCUT2D eigenvalue weighted by Gasteiger charge is 2.22. The van der Waals surface area contributed by atoms with Crippen molar-refractivity contribution in [1.29, 1.82) is 0 Å². The van der Waals surface area contributed by atoms with E-state index in [1.165, 1.54) is 6.20 Å². The number of ether oxygens (including phenoxy) is 1. The van der Waals surface area contributed by atoms with Crippen molar-refractivity contribution in [2.75, 3.05) is 13.2 Å². The van der Waals surface area contributed by atoms with Crippen LogP contribution < -0.4 is 10.1 Å². The Kier molecular flexibility index (Phi) is 5.74. The van der Waals surface area contributed by atoms with E-state index in [0.29, 0.717) is 6.61 Å². The van der Waals surface area contributed by atoms with Gasteiger partial charge in [-0.05, 0) is 18.6 Å². The van der Waals surface area contributed by atoms with Crippen LogP contribution >= 0.6 is 0 Å². The molecule has 104 valence electrons. The third kappa shape index (κ3) is 4.22. The Morgan fingerprint density at radius 1 is 1.53 bits per heavy atom. The van der Waals surface area contributed by atoms with Gasteiger partial charge in [0.1, 0.15) is 0 Å². The smallest absolute Gasteiger partial charge is 0.328 e. The summed E-state index contributed by atoms with van der Waals surface area (Å²) in [5.74, 6) is -1.74. The SMILES string of the molecule is CCCOc1cccnc1C(=O)N[C@@H](CO)C(=O)O. The first kappa shape index (κ1) is 14.9. The molecular formula is C12H16N2O5. The predicted molar refractivity (Wildman–Crippen MR) is 66.0 cm³/mol. The van der Waals surface area contributed by atoms with Crippen molar-refractivity contribution in [2.45, 2.75) is 19.4 Å². The van der Waals surface area contributed by atoms with E-state index < -0.39 is 24.5 Å². The molecule has 0 aromatic carbocycles. The van der Waals surface area contributed by atoms with E-state index in [1.807, 2.05) is 6.92 Å². The number of hydrogen-bond acceptors (Lipinski definition) is 5. The van der Waals surface area contributed by atoms with Gasteiger partial charge in [0.15, 0.2) is 17.5 Å². The molecule has 0 aliphatic carbocycles. The molecule has 0 radical (unpaired) electrons. The lowest BCUT2D eigenvalue weighted by Gasteiger charge is -2.13. The van der Waals surface area contributed by atoms with Gasteiger partial charge in [-0.3, -0.25) is 4.79 Å². The molecule has 0 bridgehead atoms. The third-order valence-corrected chi connectivity index (χ3v) is 2.23. The van der Waals surface area contributed by atoms with Crippen LogP contribution in [0.5, 0.6) is 5.75 Å². The molecule has 1 rings (SSSR count). The number of aromatic nitrogens is 1. The second-order valence-corrected chi connectivity index (χ2v) is 3.75. The normalized spacial score (nSPS) is 11.7. The van der Waals surface area contributed by atoms with Crippen LogP contribution in [0.3, 0.4) is 0 Å². The Morgan fingerprint density at radius 2 is 2.26 bits per heavy atom. The molecule has 0 saturated carbocycles. The van der Waals surface area contributed by atoms with Gasteiger partial charge >= 0.3 is 5.97 Å². The molecule has 3 N–H and O–H groups in total. The van der Waals surface area contributed by atoms with Crippen LogP contribution in [0.4, 0.5) is 0 Å². The number of rotatable bonds is 7. The van der Waals surface area contributed by atoms with E-state index >= 15 is 0 Å². The number of hydrogen-bond donors (Lipinski definition) is 3. The Labute approximate surface area is 110 Å². The lowest BCUT2D eigenvalue weighted by Crippen LogP contribution is -2.43. The van der Waals surface area contributed by atoms with Gasteiger partial charge in [-0.2, -0.15) is 0 Å². The molecule has 0 aliphatic rings. The minimum atomic E-state index is -1.37. The van der Waals surface area contributed by atoms with Crippen molar-refractivity contribution in [3.8, 4) is 5.75 Å². The van der Waals surface area contributed by atoms with E-state index in [9.17, 15) is 9.59 Å². The van der Waals surface area contributed by atoms with Crippen LogP contribution in [0.2, 0.25) is 0 Å². The highest BCUT2D eigenvalue weighted by molar-refractivity contribution is 5.97. The fourth-order valence-corrected chi connectivity index (χ4v) is 1.30. The average molecular weight is 268 g/mol. The van der Waals surface area contributed by atoms with Gasteiger partial charge in [-0.1, -0.05) is 6.92 Å². The van der Waals surface area contributed by atoms with Gasteiger partial charge in [-0.15, -0.1) is 0 Å². The second kappa shape index (κ2) is 7.32. The minimum Gasteiger partial charge on any atom is -0.491 e. The summed E-state index contributed by atoms with van der Waals surface area (Å²) in [4.78, 5) is 26.5. The number of aliphatic carboxylic acids is 1. The van der Waals surface area contributed by atoms with E-state index in [2.05, 4.69) is 10.3 Å². The summed E-state index contributed by atoms with van der Waals surface area (Å²) in [6.07, 6.45) is 2.17. The van der Waals surface area contributed by atoms with E-state index in [4.69, 9.17) is 14.9 Å². The molecule has 0 spiro atoms. The quantitative estimate of drug-likeness (QED) is 0.644. The van der Waals surface area contributed by atoms with Crippen LogP contribution in [0.15, 0.2) is 18.3 Å². The average Bonchev–Trinajstić information content (AvgIpc) is 2.42. The van der Waals surface area contributed by atoms with Crippen molar-refractivity contribution in [2.24, 2.45) is 0 Å². The zero-order valence-electron chi connectivity index (χ0n) is 10.5. The summed E-state index contributed by atoms with van der Waals surface area (Å²) in [6.45, 7) is 1.65. The fourth-order valence-electron chi connectivity index (χ4n) is 1.30. The number of carbonyl (C=O) groups excluding carboxylic acids is 1. The third-order valence-electron chi connectivity index (χ3n) is 2.23. The molecule has 19 heavy (non-hydrogen) atoms. The van der Waals surface area contributed by atoms with Gasteiger partial charge in [0, 0.05) is 6.20 Å². The first-order valence-corrected chi connectivity index (χ1v) is 5.82. The van der Waals surface area contributed by atoms with Crippen molar-refractivity contribution in [3.05, 3.63) is 24.0 Å². The number of carboxylic acid groups (broad SMARTS) is 1. The minimum absolute atomic E-state index is 0.00403. The topological polar surface area (TPSA) is 109 Å². The molecule has 0 fully saturated rings. The maximum Gasteiger partial charge on any atom is 0.328 e. The van der Waals surface area contributed by atoms with Gasteiger partial charge in [0.2, 0.25) is 0 Å². The summed E-state index contributed by atoms with van der Waals surface area (Å²) < 4.78 is 5.35. The first-order chi connectivity index (χ1) is 9.10. The molecule has 0 unspecified atom stereocenters. The molecule has 7 heteroatoms. The molecule has 0 saturated heterocycles. The number of aliphatic hydroxyl groups is 1. The highest BCUT2D eigenvalue weighted by atomic mass is 16.5. The summed E-state index contributed by atoms with van der Waals surface area (Å²) in [5.41, 5.74) is -0.00403. The van der Waals surface area contributed by atoms with Crippen molar-refractivity contribution in [1.82, 2.24) is 10.3 Å². The van der Waals surface area contributed by atoms with Crippen LogP contribution in [0.25, 0.3) is 0 Å². The monoisotopic (exact) mass is 268 g/mol. The van der Waals surface area contributed by atoms with Crippen LogP contribution in [0.1, 0.15) is 23.8 Å². The molecule has 1 aromatic rings. The molecule has 0 aliphatic heterocycles. The summed E-state index contributed by atoms with van der Waals surface area (Å²) in [6, 6.07) is 1.82. The van der Waals surface area contributed by atoms with Crippen molar-refractivity contribution < 1.29 is 24.5 Å². The largest absolute Gasteiger partial charge is 0.491 e.